The molecule has 0 aliphatic carbocycles. The van der Waals surface area contributed by atoms with Gasteiger partial charge in [-0.1, -0.05) is 24.3 Å². The number of furan rings is 1. The first kappa shape index (κ1) is 18.3. The first-order chi connectivity index (χ1) is 14.2. The molecule has 4 aromatic rings. The van der Waals surface area contributed by atoms with E-state index in [2.05, 4.69) is 5.32 Å². The summed E-state index contributed by atoms with van der Waals surface area (Å²) in [7, 11) is 0. The number of hydrogen-bond acceptors (Lipinski definition) is 4. The molecule has 0 spiro atoms. The van der Waals surface area contributed by atoms with E-state index in [1.807, 2.05) is 30.3 Å². The molecule has 1 N–H and O–H groups in total. The zero-order valence-electron chi connectivity index (χ0n) is 15.4. The highest BCUT2D eigenvalue weighted by atomic mass is 16.5. The molecule has 2 heterocycles. The summed E-state index contributed by atoms with van der Waals surface area (Å²) in [5.41, 5.74) is 0.486. The lowest BCUT2D eigenvalue weighted by molar-refractivity contribution is 0.0994. The Labute approximate surface area is 167 Å². The van der Waals surface area contributed by atoms with Gasteiger partial charge in [-0.15, -0.1) is 0 Å². The average molecular weight is 386 g/mol. The Hall–Kier alpha value is -4.06. The molecule has 0 saturated heterocycles. The number of carbonyl (C=O) groups is 1. The van der Waals surface area contributed by atoms with Gasteiger partial charge in [0, 0.05) is 18.0 Å². The number of rotatable bonds is 6. The second-order valence-corrected chi connectivity index (χ2v) is 6.33. The van der Waals surface area contributed by atoms with Crippen molar-refractivity contribution in [1.82, 2.24) is 4.57 Å². The molecule has 0 unspecified atom stereocenters. The SMILES string of the molecule is O=C(Nc1ccc(Oc2ccccc2)cc1)c1ccc(Cn2ccccc2=O)o1. The molecule has 1 amide bonds. The Bertz CT molecular complexity index is 1160. The van der Waals surface area contributed by atoms with Crippen LogP contribution in [0.25, 0.3) is 0 Å². The Morgan fingerprint density at radius 2 is 1.59 bits per heavy atom. The third-order valence-corrected chi connectivity index (χ3v) is 4.20. The van der Waals surface area contributed by atoms with Gasteiger partial charge < -0.3 is 19.0 Å². The van der Waals surface area contributed by atoms with Crippen molar-refractivity contribution in [2.24, 2.45) is 0 Å². The van der Waals surface area contributed by atoms with Gasteiger partial charge in [0.25, 0.3) is 11.5 Å². The molecule has 0 saturated carbocycles. The van der Waals surface area contributed by atoms with E-state index in [-0.39, 0.29) is 23.8 Å². The molecule has 6 nitrogen and oxygen atoms in total. The van der Waals surface area contributed by atoms with Crippen molar-refractivity contribution in [1.29, 1.82) is 0 Å². The van der Waals surface area contributed by atoms with Crippen molar-refractivity contribution in [3.8, 4) is 11.5 Å². The Kier molecular flexibility index (Phi) is 5.25. The van der Waals surface area contributed by atoms with Gasteiger partial charge in [0.05, 0.1) is 6.54 Å². The Balaban J connectivity index is 1.39. The molecule has 0 atom stereocenters. The third kappa shape index (κ3) is 4.62. The van der Waals surface area contributed by atoms with Gasteiger partial charge in [0.1, 0.15) is 17.3 Å². The largest absolute Gasteiger partial charge is 0.457 e. The minimum absolute atomic E-state index is 0.132. The summed E-state index contributed by atoms with van der Waals surface area (Å²) in [6, 6.07) is 24.7. The molecule has 0 aliphatic heterocycles. The van der Waals surface area contributed by atoms with Crippen molar-refractivity contribution in [3.05, 3.63) is 113 Å². The highest BCUT2D eigenvalue weighted by Crippen LogP contribution is 2.23. The zero-order chi connectivity index (χ0) is 20.1. The number of nitrogens with zero attached hydrogens (tertiary/aromatic N) is 1. The first-order valence-electron chi connectivity index (χ1n) is 9.06. The lowest BCUT2D eigenvalue weighted by Crippen LogP contribution is -2.18. The highest BCUT2D eigenvalue weighted by molar-refractivity contribution is 6.02. The van der Waals surface area contributed by atoms with Crippen molar-refractivity contribution in [2.45, 2.75) is 6.54 Å². The lowest BCUT2D eigenvalue weighted by Gasteiger charge is -2.07. The molecule has 29 heavy (non-hydrogen) atoms. The van der Waals surface area contributed by atoms with Crippen molar-refractivity contribution >= 4 is 11.6 Å². The number of benzene rings is 2. The van der Waals surface area contributed by atoms with Gasteiger partial charge in [-0.25, -0.2) is 0 Å². The molecule has 144 valence electrons. The van der Waals surface area contributed by atoms with Gasteiger partial charge in [-0.3, -0.25) is 9.59 Å². The normalized spacial score (nSPS) is 10.5. The van der Waals surface area contributed by atoms with E-state index < -0.39 is 0 Å². The Morgan fingerprint density at radius 1 is 0.862 bits per heavy atom. The summed E-state index contributed by atoms with van der Waals surface area (Å²) in [4.78, 5) is 24.2. The van der Waals surface area contributed by atoms with Crippen LogP contribution >= 0.6 is 0 Å². The fourth-order valence-corrected chi connectivity index (χ4v) is 2.77. The van der Waals surface area contributed by atoms with Crippen LogP contribution in [0.2, 0.25) is 0 Å². The number of hydrogen-bond donors (Lipinski definition) is 1. The molecule has 6 heteroatoms. The van der Waals surface area contributed by atoms with E-state index >= 15 is 0 Å². The van der Waals surface area contributed by atoms with E-state index in [1.165, 1.54) is 10.6 Å². The number of aromatic nitrogens is 1. The van der Waals surface area contributed by atoms with E-state index in [0.717, 1.165) is 5.75 Å². The summed E-state index contributed by atoms with van der Waals surface area (Å²) in [5.74, 6) is 1.74. The van der Waals surface area contributed by atoms with Crippen LogP contribution in [0.1, 0.15) is 16.3 Å². The van der Waals surface area contributed by atoms with Gasteiger partial charge in [-0.2, -0.15) is 0 Å². The Morgan fingerprint density at radius 3 is 2.34 bits per heavy atom. The molecular weight excluding hydrogens is 368 g/mol. The topological polar surface area (TPSA) is 73.5 Å². The predicted molar refractivity (Wildman–Crippen MR) is 109 cm³/mol. The van der Waals surface area contributed by atoms with Crippen LogP contribution in [-0.4, -0.2) is 10.5 Å². The quantitative estimate of drug-likeness (QED) is 0.528. The summed E-state index contributed by atoms with van der Waals surface area (Å²) in [5, 5.41) is 2.78. The van der Waals surface area contributed by atoms with Crippen LogP contribution in [0, 0.1) is 0 Å². The van der Waals surface area contributed by atoms with E-state index in [4.69, 9.17) is 9.15 Å². The van der Waals surface area contributed by atoms with Crippen LogP contribution in [0.3, 0.4) is 0 Å². The van der Waals surface area contributed by atoms with Crippen LogP contribution in [-0.2, 0) is 6.54 Å². The standard InChI is InChI=1S/C23H18N2O4/c26-22-8-4-5-15-25(22)16-20-13-14-21(29-20)23(27)24-17-9-11-19(12-10-17)28-18-6-2-1-3-7-18/h1-15H,16H2,(H,24,27). The number of nitrogens with one attached hydrogen (secondary N) is 1. The van der Waals surface area contributed by atoms with Crippen LogP contribution in [0.4, 0.5) is 5.69 Å². The summed E-state index contributed by atoms with van der Waals surface area (Å²) < 4.78 is 12.8. The van der Waals surface area contributed by atoms with Gasteiger partial charge in [0.15, 0.2) is 5.76 Å². The smallest absolute Gasteiger partial charge is 0.291 e. The summed E-state index contributed by atoms with van der Waals surface area (Å²) in [6.45, 7) is 0.262. The number of ether oxygens (including phenoxy) is 1. The average Bonchev–Trinajstić information content (AvgIpc) is 3.21. The fourth-order valence-electron chi connectivity index (χ4n) is 2.77. The van der Waals surface area contributed by atoms with Crippen LogP contribution in [0.15, 0.2) is 100 Å². The molecule has 4 rings (SSSR count). The molecule has 0 radical (unpaired) electrons. The van der Waals surface area contributed by atoms with E-state index in [9.17, 15) is 9.59 Å². The van der Waals surface area contributed by atoms with Gasteiger partial charge in [-0.05, 0) is 54.6 Å². The second kappa shape index (κ2) is 8.31. The van der Waals surface area contributed by atoms with E-state index in [1.54, 1.807) is 54.7 Å². The summed E-state index contributed by atoms with van der Waals surface area (Å²) >= 11 is 0. The monoisotopic (exact) mass is 386 g/mol. The molecule has 0 fully saturated rings. The number of amides is 1. The minimum Gasteiger partial charge on any atom is -0.457 e. The van der Waals surface area contributed by atoms with Crippen LogP contribution in [0.5, 0.6) is 11.5 Å². The molecule has 0 bridgehead atoms. The first-order valence-corrected chi connectivity index (χ1v) is 9.06. The lowest BCUT2D eigenvalue weighted by atomic mass is 10.3. The van der Waals surface area contributed by atoms with Gasteiger partial charge in [0.2, 0.25) is 0 Å². The maximum Gasteiger partial charge on any atom is 0.291 e. The maximum atomic E-state index is 12.4. The van der Waals surface area contributed by atoms with Crippen LogP contribution < -0.4 is 15.6 Å². The molecule has 2 aromatic heterocycles. The van der Waals surface area contributed by atoms with Gasteiger partial charge >= 0.3 is 0 Å². The summed E-state index contributed by atoms with van der Waals surface area (Å²) in [6.07, 6.45) is 1.67. The second-order valence-electron chi connectivity index (χ2n) is 6.33. The van der Waals surface area contributed by atoms with E-state index in [0.29, 0.717) is 17.2 Å². The predicted octanol–water partition coefficient (Wildman–Crippen LogP) is 4.53. The third-order valence-electron chi connectivity index (χ3n) is 4.20. The molecular formula is C23H18N2O4. The van der Waals surface area contributed by atoms with Crippen molar-refractivity contribution in [3.63, 3.8) is 0 Å². The maximum absolute atomic E-state index is 12.4. The number of pyridine rings is 1. The fraction of sp³-hybridized carbons (Fsp3) is 0.0435. The minimum atomic E-state index is -0.367. The van der Waals surface area contributed by atoms with Crippen molar-refractivity contribution < 1.29 is 13.9 Å². The van der Waals surface area contributed by atoms with Crippen molar-refractivity contribution in [2.75, 3.05) is 5.32 Å². The number of carbonyl (C=O) groups excluding carboxylic acids is 1. The number of anilines is 1. The highest BCUT2D eigenvalue weighted by Gasteiger charge is 2.12. The molecule has 0 aliphatic rings. The number of para-hydroxylation sites is 1. The zero-order valence-corrected chi connectivity index (χ0v) is 15.4. The molecule has 2 aromatic carbocycles.